The molecular formula is C30H36ClNO5S. The van der Waals surface area contributed by atoms with Crippen LogP contribution in [0.2, 0.25) is 5.02 Å². The highest BCUT2D eigenvalue weighted by Crippen LogP contribution is 2.31. The van der Waals surface area contributed by atoms with E-state index in [1.54, 1.807) is 23.5 Å². The maximum atomic E-state index is 11.3. The van der Waals surface area contributed by atoms with Crippen LogP contribution in [0.25, 0.3) is 0 Å². The van der Waals surface area contributed by atoms with Crippen molar-refractivity contribution < 1.29 is 24.5 Å². The summed E-state index contributed by atoms with van der Waals surface area (Å²) in [5.74, 6) is -1.76. The Bertz CT molecular complexity index is 1200. The van der Waals surface area contributed by atoms with Crippen molar-refractivity contribution >= 4 is 34.9 Å². The van der Waals surface area contributed by atoms with Crippen LogP contribution >= 0.6 is 22.9 Å². The zero-order valence-corrected chi connectivity index (χ0v) is 23.7. The van der Waals surface area contributed by atoms with Crippen LogP contribution in [0.4, 0.5) is 0 Å². The summed E-state index contributed by atoms with van der Waals surface area (Å²) in [6.45, 7) is 8.91. The molecule has 1 atom stereocenters. The molecule has 0 aliphatic carbocycles. The number of unbranched alkanes of at least 4 members (excludes halogenated alkanes) is 1. The highest BCUT2D eigenvalue weighted by molar-refractivity contribution is 7.12. The van der Waals surface area contributed by atoms with Crippen LogP contribution in [-0.4, -0.2) is 40.1 Å². The molecule has 6 nitrogen and oxygen atoms in total. The molecule has 0 saturated heterocycles. The number of carboxylic acid groups (broad SMARTS) is 2. The second-order valence-corrected chi connectivity index (χ2v) is 12.1. The minimum atomic E-state index is -0.959. The molecular weight excluding hydrogens is 522 g/mol. The molecule has 0 aliphatic rings. The Balaban J connectivity index is 1.79. The molecule has 1 heterocycles. The highest BCUT2D eigenvalue weighted by Gasteiger charge is 2.20. The van der Waals surface area contributed by atoms with Gasteiger partial charge in [0.2, 0.25) is 0 Å². The number of hydrogen-bond acceptors (Lipinski definition) is 5. The van der Waals surface area contributed by atoms with Crippen LogP contribution in [-0.2, 0) is 28.1 Å². The largest absolute Gasteiger partial charge is 0.481 e. The van der Waals surface area contributed by atoms with Gasteiger partial charge in [-0.2, -0.15) is 0 Å². The number of halogens is 1. The normalized spacial score (nSPS) is 12.6. The number of ether oxygens (including phenoxy) is 1. The van der Waals surface area contributed by atoms with Gasteiger partial charge in [-0.05, 0) is 72.3 Å². The number of aliphatic carboxylic acids is 1. The lowest BCUT2D eigenvalue weighted by atomic mass is 9.95. The fraction of sp³-hybridized carbons (Fsp3) is 0.400. The van der Waals surface area contributed by atoms with Crippen LogP contribution in [0.3, 0.4) is 0 Å². The summed E-state index contributed by atoms with van der Waals surface area (Å²) < 4.78 is 6.50. The van der Waals surface area contributed by atoms with Crippen molar-refractivity contribution in [1.29, 1.82) is 0 Å². The predicted octanol–water partition coefficient (Wildman–Crippen LogP) is 7.41. The average Bonchev–Trinajstić information content (AvgIpc) is 3.34. The molecule has 38 heavy (non-hydrogen) atoms. The lowest BCUT2D eigenvalue weighted by molar-refractivity contribution is -0.137. The third-order valence-electron chi connectivity index (χ3n) is 6.19. The van der Waals surface area contributed by atoms with Crippen molar-refractivity contribution in [2.45, 2.75) is 64.7 Å². The molecule has 8 heteroatoms. The van der Waals surface area contributed by atoms with E-state index in [9.17, 15) is 14.7 Å². The summed E-state index contributed by atoms with van der Waals surface area (Å²) in [5, 5.41) is 18.9. The number of rotatable bonds is 14. The van der Waals surface area contributed by atoms with E-state index in [2.05, 4.69) is 37.8 Å². The Kier molecular flexibility index (Phi) is 10.9. The Morgan fingerprint density at radius 1 is 1.03 bits per heavy atom. The SMILES string of the molecule is CC(C)(C)c1ccc(CO[C@@H](CN(CCCCC(=O)O)Cc2ccc(C(=O)O)cc2)c2cccc(Cl)c2)s1. The van der Waals surface area contributed by atoms with Gasteiger partial charge in [-0.15, -0.1) is 11.3 Å². The lowest BCUT2D eigenvalue weighted by Crippen LogP contribution is -2.30. The first kappa shape index (κ1) is 29.8. The van der Waals surface area contributed by atoms with Crippen LogP contribution in [0, 0.1) is 0 Å². The number of nitrogens with zero attached hydrogens (tertiary/aromatic N) is 1. The molecule has 3 rings (SSSR count). The molecule has 0 radical (unpaired) electrons. The first-order valence-electron chi connectivity index (χ1n) is 12.7. The van der Waals surface area contributed by atoms with Gasteiger partial charge in [0.25, 0.3) is 0 Å². The number of benzene rings is 2. The summed E-state index contributed by atoms with van der Waals surface area (Å²) in [5.41, 5.74) is 2.28. The number of carbonyl (C=O) groups is 2. The van der Waals surface area contributed by atoms with Gasteiger partial charge in [-0.3, -0.25) is 9.69 Å². The van der Waals surface area contributed by atoms with E-state index in [0.29, 0.717) is 37.7 Å². The fourth-order valence-corrected chi connectivity index (χ4v) is 5.28. The Morgan fingerprint density at radius 3 is 2.37 bits per heavy atom. The molecule has 3 aromatic rings. The van der Waals surface area contributed by atoms with Gasteiger partial charge in [0, 0.05) is 34.3 Å². The second-order valence-electron chi connectivity index (χ2n) is 10.5. The Hall–Kier alpha value is -2.71. The Labute approximate surface area is 233 Å². The average molecular weight is 558 g/mol. The van der Waals surface area contributed by atoms with Gasteiger partial charge in [0.05, 0.1) is 18.3 Å². The van der Waals surface area contributed by atoms with Gasteiger partial charge >= 0.3 is 11.9 Å². The minimum absolute atomic E-state index is 0.0816. The smallest absolute Gasteiger partial charge is 0.335 e. The van der Waals surface area contributed by atoms with Crippen LogP contribution in [0.5, 0.6) is 0 Å². The lowest BCUT2D eigenvalue weighted by Gasteiger charge is -2.28. The van der Waals surface area contributed by atoms with Gasteiger partial charge < -0.3 is 14.9 Å². The summed E-state index contributed by atoms with van der Waals surface area (Å²) in [6.07, 6.45) is 1.18. The van der Waals surface area contributed by atoms with E-state index >= 15 is 0 Å². The number of thiophene rings is 1. The summed E-state index contributed by atoms with van der Waals surface area (Å²) in [4.78, 5) is 27.0. The maximum Gasteiger partial charge on any atom is 0.335 e. The number of carboxylic acids is 2. The van der Waals surface area contributed by atoms with E-state index in [1.165, 1.54) is 4.88 Å². The maximum absolute atomic E-state index is 11.3. The molecule has 0 spiro atoms. The molecule has 0 bridgehead atoms. The van der Waals surface area contributed by atoms with E-state index in [0.717, 1.165) is 22.4 Å². The molecule has 0 aliphatic heterocycles. The molecule has 0 saturated carbocycles. The molecule has 204 valence electrons. The van der Waals surface area contributed by atoms with E-state index in [1.807, 2.05) is 36.4 Å². The molecule has 2 aromatic carbocycles. The standard InChI is InChI=1S/C30H36ClNO5S/c1-30(2,3)27-15-14-25(38-27)20-37-26(23-7-6-8-24(31)17-23)19-32(16-5-4-9-28(33)34)18-21-10-12-22(13-11-21)29(35)36/h6-8,10-15,17,26H,4-5,9,16,18-20H2,1-3H3,(H,33,34)(H,35,36)/t26-/m0/s1. The van der Waals surface area contributed by atoms with E-state index < -0.39 is 11.9 Å². The quantitative estimate of drug-likeness (QED) is 0.201. The van der Waals surface area contributed by atoms with Crippen molar-refractivity contribution in [2.24, 2.45) is 0 Å². The third-order valence-corrected chi connectivity index (χ3v) is 7.91. The zero-order valence-electron chi connectivity index (χ0n) is 22.2. The summed E-state index contributed by atoms with van der Waals surface area (Å²) >= 11 is 8.08. The minimum Gasteiger partial charge on any atom is -0.481 e. The third kappa shape index (κ3) is 9.55. The van der Waals surface area contributed by atoms with Crippen molar-refractivity contribution in [1.82, 2.24) is 4.90 Å². The number of hydrogen-bond donors (Lipinski definition) is 2. The van der Waals surface area contributed by atoms with E-state index in [-0.39, 0.29) is 23.5 Å². The first-order chi connectivity index (χ1) is 18.0. The fourth-order valence-electron chi connectivity index (χ4n) is 4.09. The summed E-state index contributed by atoms with van der Waals surface area (Å²) in [7, 11) is 0. The van der Waals surface area contributed by atoms with Crippen molar-refractivity contribution in [3.05, 3.63) is 92.1 Å². The van der Waals surface area contributed by atoms with Crippen LogP contribution in [0.15, 0.2) is 60.7 Å². The van der Waals surface area contributed by atoms with Crippen LogP contribution in [0.1, 0.15) is 77.4 Å². The second kappa shape index (κ2) is 13.9. The van der Waals surface area contributed by atoms with Gasteiger partial charge in [-0.25, -0.2) is 4.79 Å². The number of aromatic carboxylic acids is 1. The van der Waals surface area contributed by atoms with Crippen LogP contribution < -0.4 is 0 Å². The molecule has 0 fully saturated rings. The highest BCUT2D eigenvalue weighted by atomic mass is 35.5. The Morgan fingerprint density at radius 2 is 1.76 bits per heavy atom. The van der Waals surface area contributed by atoms with Crippen molar-refractivity contribution in [3.8, 4) is 0 Å². The first-order valence-corrected chi connectivity index (χ1v) is 13.9. The summed E-state index contributed by atoms with van der Waals surface area (Å²) in [6, 6.07) is 18.8. The molecule has 1 aromatic heterocycles. The van der Waals surface area contributed by atoms with Gasteiger partial charge in [0.15, 0.2) is 0 Å². The predicted molar refractivity (Wildman–Crippen MR) is 152 cm³/mol. The zero-order chi connectivity index (χ0) is 27.7. The molecule has 2 N–H and O–H groups in total. The molecule has 0 unspecified atom stereocenters. The monoisotopic (exact) mass is 557 g/mol. The van der Waals surface area contributed by atoms with Crippen molar-refractivity contribution in [2.75, 3.05) is 13.1 Å². The van der Waals surface area contributed by atoms with E-state index in [4.69, 9.17) is 21.4 Å². The van der Waals surface area contributed by atoms with Gasteiger partial charge in [-0.1, -0.05) is 56.6 Å². The molecule has 0 amide bonds. The van der Waals surface area contributed by atoms with Crippen molar-refractivity contribution in [3.63, 3.8) is 0 Å². The topological polar surface area (TPSA) is 87.1 Å². The van der Waals surface area contributed by atoms with Gasteiger partial charge in [0.1, 0.15) is 0 Å².